The summed E-state index contributed by atoms with van der Waals surface area (Å²) in [6.45, 7) is 0. The summed E-state index contributed by atoms with van der Waals surface area (Å²) < 4.78 is 12.6. The predicted molar refractivity (Wildman–Crippen MR) is 85.5 cm³/mol. The summed E-state index contributed by atoms with van der Waals surface area (Å²) >= 11 is 0. The van der Waals surface area contributed by atoms with Crippen LogP contribution in [0.25, 0.3) is 0 Å². The van der Waals surface area contributed by atoms with Crippen molar-refractivity contribution in [2.24, 2.45) is 13.0 Å². The second-order valence-corrected chi connectivity index (χ2v) is 5.73. The van der Waals surface area contributed by atoms with E-state index in [4.69, 9.17) is 9.47 Å². The highest BCUT2D eigenvalue weighted by Crippen LogP contribution is 2.34. The normalized spacial score (nSPS) is 15.1. The molecule has 6 heteroatoms. The largest absolute Gasteiger partial charge is 0.493 e. The number of rotatable bonds is 6. The lowest BCUT2D eigenvalue weighted by Gasteiger charge is -2.20. The zero-order valence-electron chi connectivity index (χ0n) is 13.6. The van der Waals surface area contributed by atoms with Crippen molar-refractivity contribution in [3.05, 3.63) is 42.0 Å². The number of carbonyl (C=O) groups excluding carboxylic acids is 1. The van der Waals surface area contributed by atoms with Gasteiger partial charge in [0.05, 0.1) is 14.2 Å². The summed E-state index contributed by atoms with van der Waals surface area (Å²) in [6, 6.07) is 5.33. The van der Waals surface area contributed by atoms with Crippen molar-refractivity contribution in [1.82, 2.24) is 14.9 Å². The molecule has 1 fully saturated rings. The van der Waals surface area contributed by atoms with Gasteiger partial charge in [0.2, 0.25) is 5.91 Å². The van der Waals surface area contributed by atoms with Crippen LogP contribution in [-0.4, -0.2) is 29.7 Å². The predicted octanol–water partition coefficient (Wildman–Crippen LogP) is 2.05. The van der Waals surface area contributed by atoms with Gasteiger partial charge in [-0.2, -0.15) is 0 Å². The van der Waals surface area contributed by atoms with E-state index in [1.54, 1.807) is 20.4 Å². The maximum absolute atomic E-state index is 12.3. The number of nitrogens with zero attached hydrogens (tertiary/aromatic N) is 2. The Hall–Kier alpha value is -2.50. The molecule has 3 rings (SSSR count). The molecule has 1 heterocycles. The molecule has 0 bridgehead atoms. The van der Waals surface area contributed by atoms with Crippen LogP contribution in [0, 0.1) is 5.92 Å². The number of amides is 1. The van der Waals surface area contributed by atoms with Gasteiger partial charge in [0.1, 0.15) is 11.9 Å². The van der Waals surface area contributed by atoms with E-state index < -0.39 is 0 Å². The topological polar surface area (TPSA) is 65.4 Å². The second kappa shape index (κ2) is 6.32. The smallest absolute Gasteiger partial charge is 0.223 e. The van der Waals surface area contributed by atoms with Crippen LogP contribution in [0.4, 0.5) is 0 Å². The quantitative estimate of drug-likeness (QED) is 0.886. The van der Waals surface area contributed by atoms with Gasteiger partial charge in [0.15, 0.2) is 11.5 Å². The lowest BCUT2D eigenvalue weighted by Crippen LogP contribution is -2.32. The maximum atomic E-state index is 12.3. The molecule has 1 aromatic carbocycles. The average Bonchev–Trinajstić information content (AvgIpc) is 3.34. The van der Waals surface area contributed by atoms with Crippen LogP contribution in [0.3, 0.4) is 0 Å². The van der Waals surface area contributed by atoms with E-state index in [9.17, 15) is 4.79 Å². The number of hydrogen-bond acceptors (Lipinski definition) is 4. The zero-order valence-corrected chi connectivity index (χ0v) is 13.6. The lowest BCUT2D eigenvalue weighted by molar-refractivity contribution is -0.122. The summed E-state index contributed by atoms with van der Waals surface area (Å²) in [7, 11) is 5.11. The summed E-state index contributed by atoms with van der Waals surface area (Å²) in [5.74, 6) is 2.28. The standard InChI is InChI=1S/C17H21N3O3/c1-20-9-8-18-16(20)15(19-17(21)11-4-5-11)12-6-7-13(22-2)14(10-12)23-3/h6-11,15H,4-5H2,1-3H3,(H,19,21)/t15-/m1/s1. The summed E-state index contributed by atoms with van der Waals surface area (Å²) in [4.78, 5) is 16.7. The molecule has 1 atom stereocenters. The molecule has 1 aliphatic carbocycles. The minimum absolute atomic E-state index is 0.0767. The van der Waals surface area contributed by atoms with Gasteiger partial charge >= 0.3 is 0 Å². The molecular formula is C17H21N3O3. The molecule has 0 unspecified atom stereocenters. The van der Waals surface area contributed by atoms with E-state index in [-0.39, 0.29) is 17.9 Å². The third-order valence-corrected chi connectivity index (χ3v) is 4.09. The van der Waals surface area contributed by atoms with Gasteiger partial charge in [-0.15, -0.1) is 0 Å². The van der Waals surface area contributed by atoms with Gasteiger partial charge in [-0.05, 0) is 30.5 Å². The van der Waals surface area contributed by atoms with Crippen molar-refractivity contribution in [2.45, 2.75) is 18.9 Å². The third-order valence-electron chi connectivity index (χ3n) is 4.09. The number of aromatic nitrogens is 2. The zero-order chi connectivity index (χ0) is 16.4. The Balaban J connectivity index is 1.97. The highest BCUT2D eigenvalue weighted by atomic mass is 16.5. The third kappa shape index (κ3) is 3.16. The molecular weight excluding hydrogens is 294 g/mol. The molecule has 23 heavy (non-hydrogen) atoms. The van der Waals surface area contributed by atoms with Crippen LogP contribution in [0.15, 0.2) is 30.6 Å². The number of imidazole rings is 1. The molecule has 1 aliphatic rings. The van der Waals surface area contributed by atoms with Crippen LogP contribution in [0.5, 0.6) is 11.5 Å². The van der Waals surface area contributed by atoms with E-state index in [1.807, 2.05) is 36.0 Å². The molecule has 0 spiro atoms. The Labute approximate surface area is 135 Å². The van der Waals surface area contributed by atoms with Gasteiger partial charge < -0.3 is 19.4 Å². The van der Waals surface area contributed by atoms with Crippen molar-refractivity contribution < 1.29 is 14.3 Å². The lowest BCUT2D eigenvalue weighted by atomic mass is 10.0. The molecule has 1 N–H and O–H groups in total. The van der Waals surface area contributed by atoms with Crippen molar-refractivity contribution in [3.63, 3.8) is 0 Å². The van der Waals surface area contributed by atoms with Gasteiger partial charge in [0.25, 0.3) is 0 Å². The molecule has 1 saturated carbocycles. The second-order valence-electron chi connectivity index (χ2n) is 5.73. The molecule has 0 saturated heterocycles. The van der Waals surface area contributed by atoms with E-state index in [2.05, 4.69) is 10.3 Å². The fourth-order valence-electron chi connectivity index (χ4n) is 2.59. The van der Waals surface area contributed by atoms with Crippen LogP contribution >= 0.6 is 0 Å². The van der Waals surface area contributed by atoms with Gasteiger partial charge in [0, 0.05) is 25.4 Å². The summed E-state index contributed by atoms with van der Waals surface area (Å²) in [6.07, 6.45) is 5.52. The first kappa shape index (κ1) is 15.4. The van der Waals surface area contributed by atoms with Gasteiger partial charge in [-0.25, -0.2) is 4.98 Å². The molecule has 1 aromatic heterocycles. The number of ether oxygens (including phenoxy) is 2. The number of methoxy groups -OCH3 is 2. The van der Waals surface area contributed by atoms with Crippen molar-refractivity contribution >= 4 is 5.91 Å². The molecule has 6 nitrogen and oxygen atoms in total. The van der Waals surface area contributed by atoms with Crippen LogP contribution < -0.4 is 14.8 Å². The number of hydrogen-bond donors (Lipinski definition) is 1. The van der Waals surface area contributed by atoms with E-state index >= 15 is 0 Å². The molecule has 0 aliphatic heterocycles. The summed E-state index contributed by atoms with van der Waals surface area (Å²) in [5, 5.41) is 3.11. The fraction of sp³-hybridized carbons (Fsp3) is 0.412. The highest BCUT2D eigenvalue weighted by Gasteiger charge is 2.32. The van der Waals surface area contributed by atoms with Crippen LogP contribution in [0.2, 0.25) is 0 Å². The monoisotopic (exact) mass is 315 g/mol. The number of aryl methyl sites for hydroxylation is 1. The highest BCUT2D eigenvalue weighted by molar-refractivity contribution is 5.81. The minimum atomic E-state index is -0.317. The fourth-order valence-corrected chi connectivity index (χ4v) is 2.59. The molecule has 122 valence electrons. The summed E-state index contributed by atoms with van der Waals surface area (Å²) in [5.41, 5.74) is 0.908. The van der Waals surface area contributed by atoms with E-state index in [0.29, 0.717) is 11.5 Å². The number of benzene rings is 1. The maximum Gasteiger partial charge on any atom is 0.223 e. The van der Waals surface area contributed by atoms with Gasteiger partial charge in [-0.1, -0.05) is 6.07 Å². The Kier molecular flexibility index (Phi) is 4.23. The van der Waals surface area contributed by atoms with Crippen molar-refractivity contribution in [3.8, 4) is 11.5 Å². The molecule has 1 amide bonds. The van der Waals surface area contributed by atoms with E-state index in [0.717, 1.165) is 24.2 Å². The number of nitrogens with one attached hydrogen (secondary N) is 1. The Morgan fingerprint density at radius 2 is 2.04 bits per heavy atom. The minimum Gasteiger partial charge on any atom is -0.493 e. The van der Waals surface area contributed by atoms with Crippen LogP contribution in [0.1, 0.15) is 30.3 Å². The molecule has 0 radical (unpaired) electrons. The van der Waals surface area contributed by atoms with E-state index in [1.165, 1.54) is 0 Å². The molecule has 2 aromatic rings. The Morgan fingerprint density at radius 3 is 2.61 bits per heavy atom. The first-order valence-electron chi connectivity index (χ1n) is 7.63. The average molecular weight is 315 g/mol. The van der Waals surface area contributed by atoms with Crippen LogP contribution in [-0.2, 0) is 11.8 Å². The first-order valence-corrected chi connectivity index (χ1v) is 7.63. The SMILES string of the molecule is COc1ccc([C@@H](NC(=O)C2CC2)c2nccn2C)cc1OC. The van der Waals surface area contributed by atoms with Gasteiger partial charge in [-0.3, -0.25) is 4.79 Å². The Morgan fingerprint density at radius 1 is 1.30 bits per heavy atom. The first-order chi connectivity index (χ1) is 11.1. The Bertz CT molecular complexity index is 707. The number of carbonyl (C=O) groups is 1. The van der Waals surface area contributed by atoms with Crippen molar-refractivity contribution in [2.75, 3.05) is 14.2 Å². The van der Waals surface area contributed by atoms with Crippen molar-refractivity contribution in [1.29, 1.82) is 0 Å².